The van der Waals surface area contributed by atoms with E-state index in [0.717, 1.165) is 13.1 Å². The predicted octanol–water partition coefficient (Wildman–Crippen LogP) is 3.33. The zero-order valence-corrected chi connectivity index (χ0v) is 13.0. The molecule has 1 atom stereocenters. The Balaban J connectivity index is 0. The summed E-state index contributed by atoms with van der Waals surface area (Å²) in [6, 6.07) is 0. The third kappa shape index (κ3) is 10.5. The second kappa shape index (κ2) is 11.8. The molecule has 0 spiro atoms. The Morgan fingerprint density at radius 1 is 1.24 bits per heavy atom. The van der Waals surface area contributed by atoms with E-state index in [2.05, 4.69) is 18.5 Å². The van der Waals surface area contributed by atoms with Crippen molar-refractivity contribution in [2.24, 2.45) is 0 Å². The Labute approximate surface area is 124 Å². The molecule has 0 aliphatic rings. The molecule has 0 aliphatic heterocycles. The highest BCUT2D eigenvalue weighted by molar-refractivity contribution is 7.86. The molecule has 21 heavy (non-hydrogen) atoms. The second-order valence-corrected chi connectivity index (χ2v) is 5.73. The van der Waals surface area contributed by atoms with Crippen LogP contribution in [0.5, 0.6) is 0 Å². The number of unbranched alkanes of at least 4 members (excludes halogenated alkanes) is 2. The Hall–Kier alpha value is -0.860. The molecule has 0 aliphatic carbocycles. The minimum Gasteiger partial charge on any atom is -0.310 e. The molecule has 0 radical (unpaired) electrons. The van der Waals surface area contributed by atoms with Crippen molar-refractivity contribution >= 4 is 10.1 Å². The molecule has 0 fully saturated rings. The summed E-state index contributed by atoms with van der Waals surface area (Å²) in [5, 5.41) is -1.65. The summed E-state index contributed by atoms with van der Waals surface area (Å²) in [7, 11) is -5.65. The maximum atomic E-state index is 12.7. The number of hydrogen-bond donors (Lipinski definition) is 2. The van der Waals surface area contributed by atoms with Gasteiger partial charge in [-0.15, -0.1) is 13.2 Å². The average Bonchev–Trinajstić information content (AvgIpc) is 2.39. The lowest BCUT2D eigenvalue weighted by Gasteiger charge is -2.16. The van der Waals surface area contributed by atoms with E-state index in [9.17, 15) is 21.6 Å². The Kier molecular flexibility index (Phi) is 12.6. The maximum Gasteiger partial charge on any atom is 0.400 e. The summed E-state index contributed by atoms with van der Waals surface area (Å²) in [6.45, 7) is 10.6. The average molecular weight is 331 g/mol. The van der Waals surface area contributed by atoms with E-state index in [0.29, 0.717) is 12.8 Å². The van der Waals surface area contributed by atoms with Crippen molar-refractivity contribution in [2.75, 3.05) is 13.1 Å². The molecule has 2 N–H and O–H groups in total. The van der Waals surface area contributed by atoms with Gasteiger partial charge in [-0.1, -0.05) is 38.3 Å². The van der Waals surface area contributed by atoms with Crippen molar-refractivity contribution in [1.29, 1.82) is 0 Å². The highest BCUT2D eigenvalue weighted by Gasteiger charge is 2.52. The van der Waals surface area contributed by atoms with E-state index in [1.165, 1.54) is 0 Å². The van der Waals surface area contributed by atoms with Gasteiger partial charge >= 0.3 is 15.4 Å². The molecule has 0 bridgehead atoms. The third-order valence-electron chi connectivity index (χ3n) is 2.35. The van der Waals surface area contributed by atoms with Crippen LogP contribution >= 0.6 is 0 Å². The highest BCUT2D eigenvalue weighted by atomic mass is 32.2. The molecule has 8 heteroatoms. The van der Waals surface area contributed by atoms with Crippen molar-refractivity contribution in [3.63, 3.8) is 0 Å². The number of halogens is 3. The van der Waals surface area contributed by atoms with Crippen LogP contribution in [0.4, 0.5) is 13.2 Å². The zero-order valence-electron chi connectivity index (χ0n) is 12.2. The topological polar surface area (TPSA) is 66.4 Å². The van der Waals surface area contributed by atoms with E-state index in [-0.39, 0.29) is 6.42 Å². The van der Waals surface area contributed by atoms with Crippen LogP contribution in [0.25, 0.3) is 0 Å². The van der Waals surface area contributed by atoms with Gasteiger partial charge in [0.25, 0.3) is 0 Å². The molecule has 0 amide bonds. The fourth-order valence-corrected chi connectivity index (χ4v) is 1.63. The number of rotatable bonds is 10. The lowest BCUT2D eigenvalue weighted by molar-refractivity contribution is -0.00704. The molecule has 126 valence electrons. The first-order valence-corrected chi connectivity index (χ1v) is 8.00. The predicted molar refractivity (Wildman–Crippen MR) is 78.8 cm³/mol. The molecular formula is C13H24F3NO3S. The van der Waals surface area contributed by atoms with Crippen LogP contribution in [0, 0.1) is 0 Å². The van der Waals surface area contributed by atoms with Crippen LogP contribution in [0.1, 0.15) is 32.6 Å². The standard InChI is InChI=1S/C7H13F3O3S.C6H11N/c1-2-3-4-5-6(8)7(9,10)14(11,12)13;1-3-5-7-6-4-2/h6H,2-5H2,1H3,(H,11,12,13);3-4,7H,1-2,5-6H2. The van der Waals surface area contributed by atoms with Crippen LogP contribution in [0.15, 0.2) is 25.3 Å². The van der Waals surface area contributed by atoms with E-state index < -0.39 is 28.0 Å². The monoisotopic (exact) mass is 331 g/mol. The summed E-state index contributed by atoms with van der Waals surface area (Å²) < 4.78 is 66.0. The number of alkyl halides is 3. The molecule has 0 rings (SSSR count). The molecule has 0 saturated carbocycles. The maximum absolute atomic E-state index is 12.7. The van der Waals surface area contributed by atoms with Gasteiger partial charge in [0.2, 0.25) is 0 Å². The van der Waals surface area contributed by atoms with Gasteiger partial charge in [-0.25, -0.2) is 4.39 Å². The van der Waals surface area contributed by atoms with Gasteiger partial charge in [-0.2, -0.15) is 17.2 Å². The quantitative estimate of drug-likeness (QED) is 0.366. The molecule has 0 saturated heterocycles. The van der Waals surface area contributed by atoms with Gasteiger partial charge in [-0.3, -0.25) is 4.55 Å². The van der Waals surface area contributed by atoms with Crippen molar-refractivity contribution in [3.8, 4) is 0 Å². The fraction of sp³-hybridized carbons (Fsp3) is 0.692. The first-order valence-electron chi connectivity index (χ1n) is 6.56. The van der Waals surface area contributed by atoms with Gasteiger partial charge in [-0.05, 0) is 6.42 Å². The normalized spacial score (nSPS) is 13.0. The van der Waals surface area contributed by atoms with Crippen LogP contribution < -0.4 is 5.32 Å². The van der Waals surface area contributed by atoms with Crippen molar-refractivity contribution in [3.05, 3.63) is 25.3 Å². The van der Waals surface area contributed by atoms with Gasteiger partial charge in [0.1, 0.15) is 0 Å². The largest absolute Gasteiger partial charge is 0.400 e. The summed E-state index contributed by atoms with van der Waals surface area (Å²) >= 11 is 0. The minimum atomic E-state index is -5.65. The molecule has 0 heterocycles. The minimum absolute atomic E-state index is 0.169. The van der Waals surface area contributed by atoms with Crippen LogP contribution in [0.2, 0.25) is 0 Å². The first kappa shape index (κ1) is 22.4. The molecule has 1 unspecified atom stereocenters. The third-order valence-corrected chi connectivity index (χ3v) is 3.29. The van der Waals surface area contributed by atoms with Crippen LogP contribution in [-0.4, -0.2) is 37.5 Å². The van der Waals surface area contributed by atoms with Gasteiger partial charge in [0.15, 0.2) is 6.17 Å². The lowest BCUT2D eigenvalue weighted by Crippen LogP contribution is -2.38. The summed E-state index contributed by atoms with van der Waals surface area (Å²) in [4.78, 5) is 0. The Morgan fingerprint density at radius 3 is 2.05 bits per heavy atom. The van der Waals surface area contributed by atoms with Crippen molar-refractivity contribution in [2.45, 2.75) is 44.0 Å². The molecule has 4 nitrogen and oxygen atoms in total. The molecule has 0 aromatic carbocycles. The molecular weight excluding hydrogens is 307 g/mol. The van der Waals surface area contributed by atoms with E-state index in [1.54, 1.807) is 6.92 Å². The van der Waals surface area contributed by atoms with Gasteiger partial charge in [0, 0.05) is 13.1 Å². The summed E-state index contributed by atoms with van der Waals surface area (Å²) in [5.41, 5.74) is 0. The molecule has 0 aromatic rings. The second-order valence-electron chi connectivity index (χ2n) is 4.24. The van der Waals surface area contributed by atoms with E-state index in [1.807, 2.05) is 12.2 Å². The van der Waals surface area contributed by atoms with Crippen LogP contribution in [-0.2, 0) is 10.1 Å². The lowest BCUT2D eigenvalue weighted by atomic mass is 10.1. The number of hydrogen-bond acceptors (Lipinski definition) is 3. The zero-order chi connectivity index (χ0) is 16.9. The smallest absolute Gasteiger partial charge is 0.310 e. The highest BCUT2D eigenvalue weighted by Crippen LogP contribution is 2.30. The van der Waals surface area contributed by atoms with Gasteiger partial charge < -0.3 is 5.32 Å². The van der Waals surface area contributed by atoms with Crippen molar-refractivity contribution < 1.29 is 26.1 Å². The SMILES string of the molecule is C=CCNCC=C.CCCCCC(F)C(F)(F)S(=O)(=O)O. The number of nitrogens with one attached hydrogen (secondary N) is 1. The summed E-state index contributed by atoms with van der Waals surface area (Å²) in [6.07, 6.45) is 1.66. The Bertz CT molecular complexity index is 378. The van der Waals surface area contributed by atoms with E-state index in [4.69, 9.17) is 4.55 Å². The molecule has 0 aromatic heterocycles. The van der Waals surface area contributed by atoms with Gasteiger partial charge in [0.05, 0.1) is 0 Å². The van der Waals surface area contributed by atoms with Crippen LogP contribution in [0.3, 0.4) is 0 Å². The Morgan fingerprint density at radius 2 is 1.71 bits per heavy atom. The van der Waals surface area contributed by atoms with E-state index >= 15 is 0 Å². The fourth-order valence-electron chi connectivity index (χ4n) is 1.19. The van der Waals surface area contributed by atoms with Crippen molar-refractivity contribution in [1.82, 2.24) is 5.32 Å². The summed E-state index contributed by atoms with van der Waals surface area (Å²) in [5.74, 6) is 0. The first-order chi connectivity index (χ1) is 9.65.